The zero-order valence-corrected chi connectivity index (χ0v) is 8.38. The van der Waals surface area contributed by atoms with Crippen LogP contribution in [-0.4, -0.2) is 12.6 Å². The van der Waals surface area contributed by atoms with Gasteiger partial charge in [0, 0.05) is 6.92 Å². The van der Waals surface area contributed by atoms with Crippen molar-refractivity contribution in [3.63, 3.8) is 0 Å². The molecule has 1 aromatic carbocycles. The predicted octanol–water partition coefficient (Wildman–Crippen LogP) is 2.01. The fraction of sp³-hybridized carbons (Fsp3) is 0.364. The van der Waals surface area contributed by atoms with Crippen LogP contribution >= 0.6 is 0 Å². The maximum absolute atomic E-state index is 12.9. The summed E-state index contributed by atoms with van der Waals surface area (Å²) in [6, 6.07) is 9.11. The van der Waals surface area contributed by atoms with Crippen LogP contribution in [0.5, 0.6) is 0 Å². The summed E-state index contributed by atoms with van der Waals surface area (Å²) in [5, 5.41) is 2.61. The number of alkyl halides is 1. The minimum absolute atomic E-state index is 0.228. The van der Waals surface area contributed by atoms with E-state index < -0.39 is 12.2 Å². The van der Waals surface area contributed by atoms with E-state index in [1.165, 1.54) is 6.92 Å². The smallest absolute Gasteiger partial charge is 0.217 e. The number of hydrogen-bond donors (Lipinski definition) is 1. The third-order valence-electron chi connectivity index (χ3n) is 2.13. The highest BCUT2D eigenvalue weighted by atomic mass is 19.1. The Bertz CT molecular complexity index is 312. The molecule has 0 aliphatic carbocycles. The van der Waals surface area contributed by atoms with E-state index >= 15 is 0 Å². The van der Waals surface area contributed by atoms with Gasteiger partial charge >= 0.3 is 0 Å². The first-order valence-electron chi connectivity index (χ1n) is 4.49. The average molecular weight is 195 g/mol. The molecule has 1 atom stereocenters. The molecule has 0 spiro atoms. The number of hydrogen-bond acceptors (Lipinski definition) is 1. The van der Waals surface area contributed by atoms with Crippen LogP contribution in [0.1, 0.15) is 19.4 Å². The van der Waals surface area contributed by atoms with Gasteiger partial charge in [-0.3, -0.25) is 4.79 Å². The third kappa shape index (κ3) is 2.31. The van der Waals surface area contributed by atoms with Crippen molar-refractivity contribution < 1.29 is 9.18 Å². The molecule has 0 radical (unpaired) electrons. The van der Waals surface area contributed by atoms with Gasteiger partial charge in [0.2, 0.25) is 5.91 Å². The molecule has 3 heteroatoms. The van der Waals surface area contributed by atoms with E-state index in [0.717, 1.165) is 5.56 Å². The molecule has 0 aromatic heterocycles. The van der Waals surface area contributed by atoms with Crippen molar-refractivity contribution in [2.45, 2.75) is 19.4 Å². The van der Waals surface area contributed by atoms with Crippen molar-refractivity contribution in [2.75, 3.05) is 6.67 Å². The van der Waals surface area contributed by atoms with Crippen LogP contribution in [0.3, 0.4) is 0 Å². The summed E-state index contributed by atoms with van der Waals surface area (Å²) in [6.07, 6.45) is 0. The van der Waals surface area contributed by atoms with Crippen molar-refractivity contribution in [3.05, 3.63) is 35.9 Å². The minimum Gasteiger partial charge on any atom is -0.344 e. The Hall–Kier alpha value is -1.38. The average Bonchev–Trinajstić information content (AvgIpc) is 2.18. The van der Waals surface area contributed by atoms with Crippen LogP contribution in [0.25, 0.3) is 0 Å². The largest absolute Gasteiger partial charge is 0.344 e. The van der Waals surface area contributed by atoms with Gasteiger partial charge in [-0.25, -0.2) is 4.39 Å². The second-order valence-electron chi connectivity index (χ2n) is 3.51. The van der Waals surface area contributed by atoms with Gasteiger partial charge < -0.3 is 5.32 Å². The van der Waals surface area contributed by atoms with E-state index in [-0.39, 0.29) is 5.91 Å². The number of carbonyl (C=O) groups excluding carboxylic acids is 1. The van der Waals surface area contributed by atoms with Crippen LogP contribution in [-0.2, 0) is 10.3 Å². The molecule has 1 amide bonds. The van der Waals surface area contributed by atoms with E-state index in [4.69, 9.17) is 0 Å². The lowest BCUT2D eigenvalue weighted by atomic mass is 9.93. The SMILES string of the molecule is CC(=O)NC(C)(CF)c1ccccc1. The zero-order valence-electron chi connectivity index (χ0n) is 8.38. The molecule has 0 fully saturated rings. The van der Waals surface area contributed by atoms with Crippen molar-refractivity contribution in [1.82, 2.24) is 5.32 Å². The van der Waals surface area contributed by atoms with Crippen LogP contribution in [0, 0.1) is 0 Å². The van der Waals surface area contributed by atoms with E-state index in [1.54, 1.807) is 19.1 Å². The highest BCUT2D eigenvalue weighted by molar-refractivity contribution is 5.74. The summed E-state index contributed by atoms with van der Waals surface area (Å²) < 4.78 is 12.9. The molecule has 1 N–H and O–H groups in total. The lowest BCUT2D eigenvalue weighted by molar-refractivity contribution is -0.121. The van der Waals surface area contributed by atoms with Gasteiger partial charge in [-0.05, 0) is 12.5 Å². The monoisotopic (exact) mass is 195 g/mol. The molecule has 1 aromatic rings. The Morgan fingerprint density at radius 1 is 1.43 bits per heavy atom. The Kier molecular flexibility index (Phi) is 3.23. The van der Waals surface area contributed by atoms with Crippen LogP contribution in [0.15, 0.2) is 30.3 Å². The van der Waals surface area contributed by atoms with Gasteiger partial charge in [-0.15, -0.1) is 0 Å². The maximum atomic E-state index is 12.9. The molecule has 1 unspecified atom stereocenters. The first kappa shape index (κ1) is 10.7. The Morgan fingerprint density at radius 2 is 2.00 bits per heavy atom. The quantitative estimate of drug-likeness (QED) is 0.785. The summed E-state index contributed by atoms with van der Waals surface area (Å²) in [6.45, 7) is 2.44. The van der Waals surface area contributed by atoms with Crippen LogP contribution < -0.4 is 5.32 Å². The van der Waals surface area contributed by atoms with E-state index in [9.17, 15) is 9.18 Å². The predicted molar refractivity (Wildman–Crippen MR) is 53.6 cm³/mol. The summed E-state index contributed by atoms with van der Waals surface area (Å²) in [4.78, 5) is 10.9. The second-order valence-corrected chi connectivity index (χ2v) is 3.51. The number of amides is 1. The van der Waals surface area contributed by atoms with E-state index in [2.05, 4.69) is 5.32 Å². The first-order valence-corrected chi connectivity index (χ1v) is 4.49. The fourth-order valence-corrected chi connectivity index (χ4v) is 1.38. The molecule has 2 nitrogen and oxygen atoms in total. The van der Waals surface area contributed by atoms with Crippen molar-refractivity contribution >= 4 is 5.91 Å². The van der Waals surface area contributed by atoms with E-state index in [1.807, 2.05) is 18.2 Å². The minimum atomic E-state index is -0.910. The summed E-state index contributed by atoms with van der Waals surface area (Å²) in [5.74, 6) is -0.228. The topological polar surface area (TPSA) is 29.1 Å². The molecule has 76 valence electrons. The Balaban J connectivity index is 2.95. The van der Waals surface area contributed by atoms with Gasteiger partial charge in [0.25, 0.3) is 0 Å². The molecule has 0 saturated heterocycles. The lowest BCUT2D eigenvalue weighted by Crippen LogP contribution is -2.44. The van der Waals surface area contributed by atoms with Crippen LogP contribution in [0.2, 0.25) is 0 Å². The molecule has 0 saturated carbocycles. The van der Waals surface area contributed by atoms with Gasteiger partial charge in [-0.2, -0.15) is 0 Å². The number of rotatable bonds is 3. The number of halogens is 1. The first-order chi connectivity index (χ1) is 6.58. The highest BCUT2D eigenvalue weighted by Gasteiger charge is 2.26. The van der Waals surface area contributed by atoms with Gasteiger partial charge in [0.15, 0.2) is 0 Å². The molecule has 0 bridgehead atoms. The van der Waals surface area contributed by atoms with Crippen molar-refractivity contribution in [1.29, 1.82) is 0 Å². The molecular formula is C11H14FNO. The van der Waals surface area contributed by atoms with Crippen molar-refractivity contribution in [2.24, 2.45) is 0 Å². The standard InChI is InChI=1S/C11H14FNO/c1-9(14)13-11(2,8-12)10-6-4-3-5-7-10/h3-7H,8H2,1-2H3,(H,13,14). The molecule has 14 heavy (non-hydrogen) atoms. The Labute approximate surface area is 83.1 Å². The van der Waals surface area contributed by atoms with Gasteiger partial charge in [-0.1, -0.05) is 30.3 Å². The van der Waals surface area contributed by atoms with Gasteiger partial charge in [0.05, 0.1) is 5.54 Å². The fourth-order valence-electron chi connectivity index (χ4n) is 1.38. The molecule has 0 heterocycles. The van der Waals surface area contributed by atoms with Crippen LogP contribution in [0.4, 0.5) is 4.39 Å². The number of benzene rings is 1. The second kappa shape index (κ2) is 4.22. The third-order valence-corrected chi connectivity index (χ3v) is 2.13. The van der Waals surface area contributed by atoms with Crippen molar-refractivity contribution in [3.8, 4) is 0 Å². The normalized spacial score (nSPS) is 14.5. The summed E-state index contributed by atoms with van der Waals surface area (Å²) in [5.41, 5.74) is -0.134. The highest BCUT2D eigenvalue weighted by Crippen LogP contribution is 2.20. The number of carbonyl (C=O) groups is 1. The molecule has 0 aliphatic heterocycles. The van der Waals surface area contributed by atoms with E-state index in [0.29, 0.717) is 0 Å². The lowest BCUT2D eigenvalue weighted by Gasteiger charge is -2.27. The summed E-state index contributed by atoms with van der Waals surface area (Å²) in [7, 11) is 0. The molecule has 1 rings (SSSR count). The zero-order chi connectivity index (χ0) is 10.6. The summed E-state index contributed by atoms with van der Waals surface area (Å²) >= 11 is 0. The number of nitrogens with one attached hydrogen (secondary N) is 1. The maximum Gasteiger partial charge on any atom is 0.217 e. The molecular weight excluding hydrogens is 181 g/mol. The molecule has 0 aliphatic rings. The Morgan fingerprint density at radius 3 is 2.43 bits per heavy atom. The van der Waals surface area contributed by atoms with Gasteiger partial charge in [0.1, 0.15) is 6.67 Å².